The molecular formula is C18H25ClN2O3. The molecule has 1 N–H and O–H groups in total. The number of nitrogens with zero attached hydrogens (tertiary/aromatic N) is 1. The van der Waals surface area contributed by atoms with Crippen molar-refractivity contribution in [3.8, 4) is 11.5 Å². The van der Waals surface area contributed by atoms with Crippen LogP contribution in [0.2, 0.25) is 5.02 Å². The first-order valence-corrected chi connectivity index (χ1v) is 9.15. The predicted molar refractivity (Wildman–Crippen MR) is 94.0 cm³/mol. The van der Waals surface area contributed by atoms with Crippen molar-refractivity contribution in [3.63, 3.8) is 0 Å². The highest BCUT2D eigenvalue weighted by Crippen LogP contribution is 2.38. The van der Waals surface area contributed by atoms with Gasteiger partial charge in [-0.05, 0) is 50.0 Å². The lowest BCUT2D eigenvalue weighted by atomic mass is 10.0. The summed E-state index contributed by atoms with van der Waals surface area (Å²) in [5, 5.41) is 3.87. The van der Waals surface area contributed by atoms with Crippen LogP contribution in [0.5, 0.6) is 11.5 Å². The number of ether oxygens (including phenoxy) is 2. The molecule has 0 bridgehead atoms. The summed E-state index contributed by atoms with van der Waals surface area (Å²) < 4.78 is 11.1. The van der Waals surface area contributed by atoms with Crippen LogP contribution < -0.4 is 14.8 Å². The second-order valence-electron chi connectivity index (χ2n) is 6.35. The van der Waals surface area contributed by atoms with E-state index in [1.165, 1.54) is 0 Å². The summed E-state index contributed by atoms with van der Waals surface area (Å²) in [5.74, 6) is 1.39. The van der Waals surface area contributed by atoms with E-state index in [2.05, 4.69) is 12.2 Å². The van der Waals surface area contributed by atoms with Gasteiger partial charge in [0.15, 0.2) is 11.5 Å². The van der Waals surface area contributed by atoms with Crippen molar-refractivity contribution in [1.82, 2.24) is 10.2 Å². The molecule has 1 saturated heterocycles. The molecule has 2 heterocycles. The molecule has 1 aromatic rings. The summed E-state index contributed by atoms with van der Waals surface area (Å²) in [6.45, 7) is 5.90. The number of carbonyl (C=O) groups excluding carboxylic acids is 1. The van der Waals surface area contributed by atoms with Crippen molar-refractivity contribution in [2.24, 2.45) is 0 Å². The van der Waals surface area contributed by atoms with Crippen LogP contribution in [0, 0.1) is 0 Å². The maximum atomic E-state index is 12.9. The number of piperidine rings is 1. The van der Waals surface area contributed by atoms with Gasteiger partial charge in [0.2, 0.25) is 5.91 Å². The molecule has 0 radical (unpaired) electrons. The zero-order chi connectivity index (χ0) is 16.9. The van der Waals surface area contributed by atoms with Crippen molar-refractivity contribution in [3.05, 3.63) is 22.7 Å². The summed E-state index contributed by atoms with van der Waals surface area (Å²) in [6.07, 6.45) is 3.36. The molecule has 1 amide bonds. The smallest absolute Gasteiger partial charge is 0.227 e. The van der Waals surface area contributed by atoms with Crippen LogP contribution in [0.3, 0.4) is 0 Å². The highest BCUT2D eigenvalue weighted by molar-refractivity contribution is 6.32. The normalized spacial score (nSPS) is 17.6. The maximum absolute atomic E-state index is 12.9. The van der Waals surface area contributed by atoms with E-state index >= 15 is 0 Å². The summed E-state index contributed by atoms with van der Waals surface area (Å²) in [6, 6.07) is 4.04. The Morgan fingerprint density at radius 1 is 1.29 bits per heavy atom. The molecule has 0 aromatic heterocycles. The van der Waals surface area contributed by atoms with Crippen LogP contribution in [-0.2, 0) is 11.2 Å². The lowest BCUT2D eigenvalue weighted by Crippen LogP contribution is -2.47. The van der Waals surface area contributed by atoms with Gasteiger partial charge in [-0.1, -0.05) is 18.5 Å². The van der Waals surface area contributed by atoms with Gasteiger partial charge in [-0.25, -0.2) is 0 Å². The second kappa shape index (κ2) is 8.08. The number of fused-ring (bicyclic) bond motifs is 1. The van der Waals surface area contributed by atoms with Crippen LogP contribution in [0.1, 0.15) is 31.7 Å². The molecule has 2 aliphatic heterocycles. The van der Waals surface area contributed by atoms with Gasteiger partial charge in [-0.2, -0.15) is 0 Å². The Bertz CT molecular complexity index is 588. The van der Waals surface area contributed by atoms with Crippen molar-refractivity contribution in [2.45, 2.75) is 38.6 Å². The van der Waals surface area contributed by atoms with Crippen LogP contribution in [0.25, 0.3) is 0 Å². The van der Waals surface area contributed by atoms with Gasteiger partial charge in [0.25, 0.3) is 0 Å². The fourth-order valence-corrected chi connectivity index (χ4v) is 3.70. The number of rotatable bonds is 5. The number of amides is 1. The Morgan fingerprint density at radius 2 is 2.04 bits per heavy atom. The zero-order valence-corrected chi connectivity index (χ0v) is 14.9. The van der Waals surface area contributed by atoms with E-state index in [1.54, 1.807) is 0 Å². The van der Waals surface area contributed by atoms with E-state index in [0.29, 0.717) is 42.2 Å². The third-order valence-electron chi connectivity index (χ3n) is 4.55. The summed E-state index contributed by atoms with van der Waals surface area (Å²) >= 11 is 6.28. The van der Waals surface area contributed by atoms with Crippen molar-refractivity contribution < 1.29 is 14.3 Å². The summed E-state index contributed by atoms with van der Waals surface area (Å²) in [7, 11) is 0. The summed E-state index contributed by atoms with van der Waals surface area (Å²) in [5.41, 5.74) is 0.879. The Kier molecular flexibility index (Phi) is 5.85. The van der Waals surface area contributed by atoms with Gasteiger partial charge in [-0.15, -0.1) is 0 Å². The first kappa shape index (κ1) is 17.4. The van der Waals surface area contributed by atoms with Crippen LogP contribution in [-0.4, -0.2) is 49.7 Å². The Morgan fingerprint density at radius 3 is 2.79 bits per heavy atom. The number of nitrogens with one attached hydrogen (secondary N) is 1. The van der Waals surface area contributed by atoms with Gasteiger partial charge in [0, 0.05) is 12.6 Å². The third kappa shape index (κ3) is 3.95. The first-order chi connectivity index (χ1) is 11.7. The lowest BCUT2D eigenvalue weighted by Gasteiger charge is -2.34. The van der Waals surface area contributed by atoms with Crippen LogP contribution >= 0.6 is 11.6 Å². The molecule has 24 heavy (non-hydrogen) atoms. The molecule has 0 spiro atoms. The van der Waals surface area contributed by atoms with Gasteiger partial charge >= 0.3 is 0 Å². The molecule has 0 atom stereocenters. The van der Waals surface area contributed by atoms with E-state index in [4.69, 9.17) is 21.1 Å². The van der Waals surface area contributed by atoms with Crippen molar-refractivity contribution in [2.75, 3.05) is 32.8 Å². The third-order valence-corrected chi connectivity index (χ3v) is 4.83. The Hall–Kier alpha value is -1.46. The first-order valence-electron chi connectivity index (χ1n) is 8.77. The molecule has 6 heteroatoms. The van der Waals surface area contributed by atoms with Crippen LogP contribution in [0.15, 0.2) is 12.1 Å². The Balaban J connectivity index is 1.73. The number of hydrogen-bond acceptors (Lipinski definition) is 4. The minimum absolute atomic E-state index is 0.163. The molecule has 2 aliphatic rings. The fourth-order valence-electron chi connectivity index (χ4n) is 3.41. The number of hydrogen-bond donors (Lipinski definition) is 1. The quantitative estimate of drug-likeness (QED) is 0.885. The van der Waals surface area contributed by atoms with E-state index in [0.717, 1.165) is 44.5 Å². The predicted octanol–water partition coefficient (Wildman–Crippen LogP) is 2.64. The topological polar surface area (TPSA) is 50.8 Å². The van der Waals surface area contributed by atoms with Crippen molar-refractivity contribution >= 4 is 17.5 Å². The molecule has 132 valence electrons. The minimum atomic E-state index is 0.163. The molecule has 1 fully saturated rings. The Labute approximate surface area is 148 Å². The van der Waals surface area contributed by atoms with Crippen LogP contribution in [0.4, 0.5) is 0 Å². The highest BCUT2D eigenvalue weighted by Gasteiger charge is 2.25. The van der Waals surface area contributed by atoms with Gasteiger partial charge in [0.1, 0.15) is 13.2 Å². The molecule has 3 rings (SSSR count). The molecule has 0 aliphatic carbocycles. The average Bonchev–Trinajstić information content (AvgIpc) is 2.60. The van der Waals surface area contributed by atoms with Gasteiger partial charge in [0.05, 0.1) is 11.4 Å². The van der Waals surface area contributed by atoms with E-state index in [1.807, 2.05) is 17.0 Å². The average molecular weight is 353 g/mol. The zero-order valence-electron chi connectivity index (χ0n) is 14.1. The monoisotopic (exact) mass is 352 g/mol. The van der Waals surface area contributed by atoms with Crippen molar-refractivity contribution in [1.29, 1.82) is 0 Å². The summed E-state index contributed by atoms with van der Waals surface area (Å²) in [4.78, 5) is 14.9. The van der Waals surface area contributed by atoms with Gasteiger partial charge < -0.3 is 19.7 Å². The lowest BCUT2D eigenvalue weighted by molar-refractivity contribution is -0.133. The minimum Gasteiger partial charge on any atom is -0.486 e. The highest BCUT2D eigenvalue weighted by atomic mass is 35.5. The van der Waals surface area contributed by atoms with E-state index in [9.17, 15) is 4.79 Å². The van der Waals surface area contributed by atoms with Gasteiger partial charge in [-0.3, -0.25) is 4.79 Å². The molecule has 0 unspecified atom stereocenters. The SMILES string of the molecule is CCCN(C(=O)Cc1cc(Cl)c2c(c1)OCCO2)C1CCNCC1. The number of halogens is 1. The number of benzene rings is 1. The second-order valence-corrected chi connectivity index (χ2v) is 6.75. The maximum Gasteiger partial charge on any atom is 0.227 e. The van der Waals surface area contributed by atoms with E-state index < -0.39 is 0 Å². The molecule has 0 saturated carbocycles. The van der Waals surface area contributed by atoms with E-state index in [-0.39, 0.29) is 5.91 Å². The number of carbonyl (C=O) groups is 1. The largest absolute Gasteiger partial charge is 0.486 e. The molecule has 5 nitrogen and oxygen atoms in total. The standard InChI is InChI=1S/C18H25ClN2O3/c1-2-7-21(14-3-5-20-6-4-14)17(22)12-13-10-15(19)18-16(11-13)23-8-9-24-18/h10-11,14,20H,2-9,12H2,1H3. The molecular weight excluding hydrogens is 328 g/mol. The fraction of sp³-hybridized carbons (Fsp3) is 0.611. The molecule has 1 aromatic carbocycles.